The van der Waals surface area contributed by atoms with Crippen LogP contribution in [0.2, 0.25) is 0 Å². The fourth-order valence-corrected chi connectivity index (χ4v) is 1.95. The van der Waals surface area contributed by atoms with Crippen molar-refractivity contribution < 1.29 is 9.47 Å². The van der Waals surface area contributed by atoms with E-state index >= 15 is 0 Å². The van der Waals surface area contributed by atoms with Crippen LogP contribution < -0.4 is 10.5 Å². The van der Waals surface area contributed by atoms with Gasteiger partial charge in [0.1, 0.15) is 11.6 Å². The van der Waals surface area contributed by atoms with E-state index in [1.807, 2.05) is 24.3 Å². The summed E-state index contributed by atoms with van der Waals surface area (Å²) in [6.07, 6.45) is 0. The van der Waals surface area contributed by atoms with Gasteiger partial charge in [-0.2, -0.15) is 5.10 Å². The zero-order chi connectivity index (χ0) is 11.8. The maximum atomic E-state index is 6.05. The van der Waals surface area contributed by atoms with Gasteiger partial charge in [0.05, 0.1) is 31.7 Å². The normalized spacial score (nSPS) is 13.7. The molecule has 0 aliphatic carbocycles. The first-order chi connectivity index (χ1) is 8.29. The van der Waals surface area contributed by atoms with Gasteiger partial charge >= 0.3 is 0 Å². The summed E-state index contributed by atoms with van der Waals surface area (Å²) in [5, 5.41) is 4.44. The van der Waals surface area contributed by atoms with Crippen molar-refractivity contribution in [1.29, 1.82) is 0 Å². The SMILES string of the molecule is COc1ccc(-n2nc3c(c2N)COC3)cc1. The Kier molecular flexibility index (Phi) is 2.26. The van der Waals surface area contributed by atoms with Crippen LogP contribution in [0.5, 0.6) is 5.75 Å². The zero-order valence-corrected chi connectivity index (χ0v) is 9.51. The minimum absolute atomic E-state index is 0.544. The lowest BCUT2D eigenvalue weighted by atomic mass is 10.2. The van der Waals surface area contributed by atoms with Crippen LogP contribution in [0.3, 0.4) is 0 Å². The quantitative estimate of drug-likeness (QED) is 0.850. The Morgan fingerprint density at radius 2 is 2.06 bits per heavy atom. The monoisotopic (exact) mass is 231 g/mol. The van der Waals surface area contributed by atoms with Crippen molar-refractivity contribution in [3.63, 3.8) is 0 Å². The molecule has 1 aliphatic rings. The second-order valence-electron chi connectivity index (χ2n) is 3.91. The molecule has 1 aliphatic heterocycles. The van der Waals surface area contributed by atoms with Gasteiger partial charge in [-0.25, -0.2) is 4.68 Å². The molecule has 0 saturated carbocycles. The smallest absolute Gasteiger partial charge is 0.133 e. The van der Waals surface area contributed by atoms with Crippen molar-refractivity contribution in [1.82, 2.24) is 9.78 Å². The summed E-state index contributed by atoms with van der Waals surface area (Å²) in [7, 11) is 1.64. The molecule has 1 aromatic carbocycles. The average Bonchev–Trinajstić information content (AvgIpc) is 2.93. The molecule has 1 aromatic heterocycles. The molecule has 2 heterocycles. The minimum Gasteiger partial charge on any atom is -0.497 e. The van der Waals surface area contributed by atoms with E-state index in [1.165, 1.54) is 0 Å². The first-order valence-corrected chi connectivity index (χ1v) is 5.38. The second-order valence-corrected chi connectivity index (χ2v) is 3.91. The van der Waals surface area contributed by atoms with Crippen LogP contribution in [0.25, 0.3) is 5.69 Å². The zero-order valence-electron chi connectivity index (χ0n) is 9.51. The fraction of sp³-hybridized carbons (Fsp3) is 0.250. The van der Waals surface area contributed by atoms with E-state index in [1.54, 1.807) is 11.8 Å². The number of benzene rings is 1. The van der Waals surface area contributed by atoms with Crippen LogP contribution in [-0.4, -0.2) is 16.9 Å². The van der Waals surface area contributed by atoms with Crippen molar-refractivity contribution in [3.05, 3.63) is 35.5 Å². The van der Waals surface area contributed by atoms with E-state index in [-0.39, 0.29) is 0 Å². The molecule has 0 bridgehead atoms. The Morgan fingerprint density at radius 3 is 2.71 bits per heavy atom. The van der Waals surface area contributed by atoms with Gasteiger partial charge in [0.25, 0.3) is 0 Å². The minimum atomic E-state index is 0.544. The lowest BCUT2D eigenvalue weighted by molar-refractivity contribution is 0.131. The number of hydrogen-bond donors (Lipinski definition) is 1. The third-order valence-corrected chi connectivity index (χ3v) is 2.91. The van der Waals surface area contributed by atoms with Gasteiger partial charge in [-0.05, 0) is 24.3 Å². The molecule has 3 rings (SSSR count). The summed E-state index contributed by atoms with van der Waals surface area (Å²) in [6, 6.07) is 7.63. The van der Waals surface area contributed by atoms with Crippen LogP contribution in [0.4, 0.5) is 5.82 Å². The lowest BCUT2D eigenvalue weighted by Gasteiger charge is -2.06. The lowest BCUT2D eigenvalue weighted by Crippen LogP contribution is -2.04. The summed E-state index contributed by atoms with van der Waals surface area (Å²) in [5.41, 5.74) is 8.90. The van der Waals surface area contributed by atoms with Crippen LogP contribution in [-0.2, 0) is 18.0 Å². The molecule has 2 aromatic rings. The van der Waals surface area contributed by atoms with Crippen molar-refractivity contribution in [2.75, 3.05) is 12.8 Å². The average molecular weight is 231 g/mol. The van der Waals surface area contributed by atoms with Gasteiger partial charge in [0.15, 0.2) is 0 Å². The second kappa shape index (κ2) is 3.78. The Bertz CT molecular complexity index is 546. The molecule has 2 N–H and O–H groups in total. The Morgan fingerprint density at radius 1 is 1.29 bits per heavy atom. The molecule has 0 amide bonds. The van der Waals surface area contributed by atoms with Gasteiger partial charge in [0, 0.05) is 5.56 Å². The van der Waals surface area contributed by atoms with Crippen LogP contribution in [0, 0.1) is 0 Å². The maximum absolute atomic E-state index is 6.05. The van der Waals surface area contributed by atoms with E-state index < -0.39 is 0 Å². The Hall–Kier alpha value is -2.01. The molecule has 0 fully saturated rings. The first kappa shape index (κ1) is 10.2. The number of nitrogens with zero attached hydrogens (tertiary/aromatic N) is 2. The van der Waals surface area contributed by atoms with Crippen LogP contribution in [0.15, 0.2) is 24.3 Å². The molecule has 0 atom stereocenters. The Balaban J connectivity index is 2.03. The highest BCUT2D eigenvalue weighted by molar-refractivity contribution is 5.51. The van der Waals surface area contributed by atoms with Gasteiger partial charge in [0.2, 0.25) is 0 Å². The number of rotatable bonds is 2. The number of nitrogens with two attached hydrogens (primary N) is 1. The third-order valence-electron chi connectivity index (χ3n) is 2.91. The molecule has 0 spiro atoms. The summed E-state index contributed by atoms with van der Waals surface area (Å²) in [5.74, 6) is 1.47. The van der Waals surface area contributed by atoms with Gasteiger partial charge in [-0.1, -0.05) is 0 Å². The summed E-state index contributed by atoms with van der Waals surface area (Å²) in [6.45, 7) is 1.10. The molecule has 0 unspecified atom stereocenters. The summed E-state index contributed by atoms with van der Waals surface area (Å²) in [4.78, 5) is 0. The number of ether oxygens (including phenoxy) is 2. The summed E-state index contributed by atoms with van der Waals surface area (Å²) >= 11 is 0. The van der Waals surface area contributed by atoms with Crippen LogP contribution >= 0.6 is 0 Å². The highest BCUT2D eigenvalue weighted by Gasteiger charge is 2.21. The summed E-state index contributed by atoms with van der Waals surface area (Å²) < 4.78 is 12.1. The van der Waals surface area contributed by atoms with E-state index in [9.17, 15) is 0 Å². The number of methoxy groups -OCH3 is 1. The topological polar surface area (TPSA) is 62.3 Å². The highest BCUT2D eigenvalue weighted by atomic mass is 16.5. The standard InChI is InChI=1S/C12H13N3O2/c1-16-9-4-2-8(3-5-9)15-12(13)10-6-17-7-11(10)14-15/h2-5H,6-7,13H2,1H3. The van der Waals surface area contributed by atoms with Crippen molar-refractivity contribution in [2.24, 2.45) is 0 Å². The van der Waals surface area contributed by atoms with E-state index in [0.29, 0.717) is 19.0 Å². The number of fused-ring (bicyclic) bond motifs is 1. The maximum Gasteiger partial charge on any atom is 0.133 e. The first-order valence-electron chi connectivity index (χ1n) is 5.38. The molecule has 5 nitrogen and oxygen atoms in total. The van der Waals surface area contributed by atoms with E-state index in [4.69, 9.17) is 15.2 Å². The third kappa shape index (κ3) is 1.55. The van der Waals surface area contributed by atoms with Gasteiger partial charge < -0.3 is 15.2 Å². The number of aromatic nitrogens is 2. The fourth-order valence-electron chi connectivity index (χ4n) is 1.95. The highest BCUT2D eigenvalue weighted by Crippen LogP contribution is 2.27. The number of hydrogen-bond acceptors (Lipinski definition) is 4. The van der Waals surface area contributed by atoms with Gasteiger partial charge in [-0.15, -0.1) is 0 Å². The van der Waals surface area contributed by atoms with E-state index in [0.717, 1.165) is 22.7 Å². The molecule has 88 valence electrons. The Labute approximate surface area is 98.8 Å². The predicted octanol–water partition coefficient (Wildman–Crippen LogP) is 1.49. The molecule has 0 radical (unpaired) electrons. The predicted molar refractivity (Wildman–Crippen MR) is 63.0 cm³/mol. The van der Waals surface area contributed by atoms with Crippen molar-refractivity contribution >= 4 is 5.82 Å². The van der Waals surface area contributed by atoms with E-state index in [2.05, 4.69) is 5.10 Å². The largest absolute Gasteiger partial charge is 0.497 e. The molecular formula is C12H13N3O2. The molecule has 5 heteroatoms. The number of anilines is 1. The molecule has 17 heavy (non-hydrogen) atoms. The van der Waals surface area contributed by atoms with Gasteiger partial charge in [-0.3, -0.25) is 0 Å². The van der Waals surface area contributed by atoms with Crippen LogP contribution in [0.1, 0.15) is 11.3 Å². The molecule has 0 saturated heterocycles. The molecular weight excluding hydrogens is 218 g/mol. The van der Waals surface area contributed by atoms with Crippen molar-refractivity contribution in [2.45, 2.75) is 13.2 Å². The number of nitrogen functional groups attached to an aromatic ring is 1. The van der Waals surface area contributed by atoms with Crippen molar-refractivity contribution in [3.8, 4) is 11.4 Å².